The maximum absolute atomic E-state index is 6.42. The molecule has 0 aliphatic heterocycles. The van der Waals surface area contributed by atoms with Crippen molar-refractivity contribution < 1.29 is 0 Å². The number of rotatable bonds is 4. The van der Waals surface area contributed by atoms with Crippen LogP contribution in [0.4, 0.5) is 0 Å². The van der Waals surface area contributed by atoms with Gasteiger partial charge in [-0.05, 0) is 43.0 Å². The molecule has 3 rings (SSSR count). The SMILES string of the molecule is C=C(N)[P+](c1ccccc1)(c1ccccc1)c1ccccc1. The second-order valence-corrected chi connectivity index (χ2v) is 8.63. The average molecular weight is 304 g/mol. The molecule has 0 amide bonds. The molecule has 0 bridgehead atoms. The number of nitrogens with two attached hydrogens (primary N) is 1. The van der Waals surface area contributed by atoms with Gasteiger partial charge in [0.05, 0.1) is 0 Å². The normalized spacial score (nSPS) is 11.1. The van der Waals surface area contributed by atoms with Crippen LogP contribution in [0.25, 0.3) is 0 Å². The molecule has 2 N–H and O–H groups in total. The van der Waals surface area contributed by atoms with Crippen molar-refractivity contribution in [2.24, 2.45) is 5.73 Å². The Hall–Kier alpha value is -2.37. The van der Waals surface area contributed by atoms with Gasteiger partial charge in [-0.2, -0.15) is 0 Å². The Morgan fingerprint density at radius 1 is 0.591 bits per heavy atom. The van der Waals surface area contributed by atoms with Crippen molar-refractivity contribution in [2.75, 3.05) is 0 Å². The minimum Gasteiger partial charge on any atom is -0.370 e. The minimum absolute atomic E-state index is 0.732. The van der Waals surface area contributed by atoms with Crippen molar-refractivity contribution in [2.45, 2.75) is 0 Å². The fraction of sp³-hybridized carbons (Fsp3) is 0. The van der Waals surface area contributed by atoms with Crippen LogP contribution < -0.4 is 21.6 Å². The molecule has 108 valence electrons. The molecule has 3 aromatic rings. The van der Waals surface area contributed by atoms with E-state index in [1.54, 1.807) is 0 Å². The number of hydrogen-bond acceptors (Lipinski definition) is 1. The van der Waals surface area contributed by atoms with Gasteiger partial charge in [0.15, 0.2) is 12.7 Å². The molecule has 0 spiro atoms. The highest BCUT2D eigenvalue weighted by molar-refractivity contribution is 7.98. The molecule has 22 heavy (non-hydrogen) atoms. The molecule has 0 aliphatic rings. The number of hydrogen-bond donors (Lipinski definition) is 1. The molecule has 3 aromatic carbocycles. The van der Waals surface area contributed by atoms with Crippen LogP contribution in [-0.4, -0.2) is 0 Å². The van der Waals surface area contributed by atoms with Gasteiger partial charge in [-0.3, -0.25) is 0 Å². The van der Waals surface area contributed by atoms with E-state index in [1.807, 2.05) is 18.2 Å². The predicted octanol–water partition coefficient (Wildman–Crippen LogP) is 3.41. The lowest BCUT2D eigenvalue weighted by Crippen LogP contribution is -2.34. The fourth-order valence-corrected chi connectivity index (χ4v) is 6.65. The van der Waals surface area contributed by atoms with Crippen LogP contribution in [0.3, 0.4) is 0 Å². The maximum Gasteiger partial charge on any atom is 0.162 e. The molecular formula is C20H19NP+. The standard InChI is InChI=1S/C20H19NP/c1-17(21)22(18-11-5-2-6-12-18,19-13-7-3-8-14-19)20-15-9-4-10-16-20/h2-16H,1,21H2/q+1. The first kappa shape index (κ1) is 14.6. The van der Waals surface area contributed by atoms with Crippen LogP contribution in [0.2, 0.25) is 0 Å². The van der Waals surface area contributed by atoms with Crippen molar-refractivity contribution in [1.82, 2.24) is 0 Å². The summed E-state index contributed by atoms with van der Waals surface area (Å²) in [6.45, 7) is 4.18. The summed E-state index contributed by atoms with van der Waals surface area (Å²) in [6, 6.07) is 31.5. The van der Waals surface area contributed by atoms with E-state index in [2.05, 4.69) is 79.4 Å². The Labute approximate surface area is 132 Å². The van der Waals surface area contributed by atoms with Crippen LogP contribution in [0.1, 0.15) is 0 Å². The summed E-state index contributed by atoms with van der Waals surface area (Å²) >= 11 is 0. The largest absolute Gasteiger partial charge is 0.370 e. The first-order chi connectivity index (χ1) is 10.8. The highest BCUT2D eigenvalue weighted by Crippen LogP contribution is 2.59. The molecule has 0 fully saturated rings. The zero-order valence-corrected chi connectivity index (χ0v) is 13.3. The molecule has 0 unspecified atom stereocenters. The summed E-state index contributed by atoms with van der Waals surface area (Å²) in [5.74, 6) is 0. The smallest absolute Gasteiger partial charge is 0.162 e. The molecule has 2 heteroatoms. The van der Waals surface area contributed by atoms with Gasteiger partial charge in [0.25, 0.3) is 0 Å². The molecule has 0 aliphatic carbocycles. The molecule has 0 saturated heterocycles. The Kier molecular flexibility index (Phi) is 4.09. The van der Waals surface area contributed by atoms with E-state index in [-0.39, 0.29) is 0 Å². The zero-order chi connectivity index (χ0) is 15.4. The third-order valence-corrected chi connectivity index (χ3v) is 7.94. The zero-order valence-electron chi connectivity index (χ0n) is 12.4. The van der Waals surface area contributed by atoms with Gasteiger partial charge in [0.2, 0.25) is 0 Å². The minimum atomic E-state index is -2.04. The first-order valence-corrected chi connectivity index (χ1v) is 9.06. The third-order valence-electron chi connectivity index (χ3n) is 3.86. The van der Waals surface area contributed by atoms with E-state index in [9.17, 15) is 0 Å². The summed E-state index contributed by atoms with van der Waals surface area (Å²) in [6.07, 6.45) is 0. The molecule has 0 atom stereocenters. The van der Waals surface area contributed by atoms with Gasteiger partial charge < -0.3 is 5.73 Å². The molecule has 0 saturated carbocycles. The lowest BCUT2D eigenvalue weighted by Gasteiger charge is -2.26. The predicted molar refractivity (Wildman–Crippen MR) is 98.5 cm³/mol. The average Bonchev–Trinajstić information content (AvgIpc) is 2.58. The van der Waals surface area contributed by atoms with E-state index in [0.717, 1.165) is 5.44 Å². The van der Waals surface area contributed by atoms with Crippen molar-refractivity contribution in [3.05, 3.63) is 103 Å². The van der Waals surface area contributed by atoms with Gasteiger partial charge in [-0.15, -0.1) is 0 Å². The Balaban J connectivity index is 2.37. The lowest BCUT2D eigenvalue weighted by atomic mass is 10.4. The van der Waals surface area contributed by atoms with Crippen LogP contribution in [0.15, 0.2) is 103 Å². The van der Waals surface area contributed by atoms with Crippen LogP contribution in [0.5, 0.6) is 0 Å². The lowest BCUT2D eigenvalue weighted by molar-refractivity contribution is 1.55. The van der Waals surface area contributed by atoms with E-state index in [0.29, 0.717) is 0 Å². The fourth-order valence-electron chi connectivity index (χ4n) is 2.90. The highest BCUT2D eigenvalue weighted by Gasteiger charge is 2.47. The van der Waals surface area contributed by atoms with E-state index < -0.39 is 7.26 Å². The Morgan fingerprint density at radius 3 is 1.09 bits per heavy atom. The summed E-state index contributed by atoms with van der Waals surface area (Å²) < 4.78 is 0. The molecule has 0 aromatic heterocycles. The molecule has 0 radical (unpaired) electrons. The maximum atomic E-state index is 6.42. The first-order valence-electron chi connectivity index (χ1n) is 7.27. The molecule has 0 heterocycles. The van der Waals surface area contributed by atoms with Crippen LogP contribution >= 0.6 is 7.26 Å². The highest BCUT2D eigenvalue weighted by atomic mass is 31.2. The Bertz CT molecular complexity index is 655. The molecule has 1 nitrogen and oxygen atoms in total. The summed E-state index contributed by atoms with van der Waals surface area (Å²) in [5, 5.41) is 3.71. The van der Waals surface area contributed by atoms with E-state index >= 15 is 0 Å². The summed E-state index contributed by atoms with van der Waals surface area (Å²) in [4.78, 5) is 0. The van der Waals surface area contributed by atoms with Gasteiger partial charge in [0, 0.05) is 0 Å². The van der Waals surface area contributed by atoms with Gasteiger partial charge in [0.1, 0.15) is 15.9 Å². The second-order valence-electron chi connectivity index (χ2n) is 5.17. The van der Waals surface area contributed by atoms with Crippen molar-refractivity contribution in [3.63, 3.8) is 0 Å². The number of benzene rings is 3. The monoisotopic (exact) mass is 304 g/mol. The second kappa shape index (κ2) is 6.17. The van der Waals surface area contributed by atoms with Crippen molar-refractivity contribution >= 4 is 23.2 Å². The van der Waals surface area contributed by atoms with E-state index in [4.69, 9.17) is 5.73 Å². The van der Waals surface area contributed by atoms with Crippen molar-refractivity contribution in [3.8, 4) is 0 Å². The van der Waals surface area contributed by atoms with Crippen LogP contribution in [0, 0.1) is 0 Å². The summed E-state index contributed by atoms with van der Waals surface area (Å²) in [7, 11) is -2.04. The van der Waals surface area contributed by atoms with Gasteiger partial charge in [-0.25, -0.2) is 0 Å². The third kappa shape index (κ3) is 2.34. The van der Waals surface area contributed by atoms with E-state index in [1.165, 1.54) is 15.9 Å². The van der Waals surface area contributed by atoms with Crippen LogP contribution in [-0.2, 0) is 0 Å². The van der Waals surface area contributed by atoms with Gasteiger partial charge >= 0.3 is 0 Å². The Morgan fingerprint density at radius 2 is 0.864 bits per heavy atom. The molecular weight excluding hydrogens is 285 g/mol. The topological polar surface area (TPSA) is 26.0 Å². The summed E-state index contributed by atoms with van der Waals surface area (Å²) in [5.41, 5.74) is 7.16. The quantitative estimate of drug-likeness (QED) is 0.735. The van der Waals surface area contributed by atoms with Crippen molar-refractivity contribution in [1.29, 1.82) is 0 Å². The van der Waals surface area contributed by atoms with Gasteiger partial charge in [-0.1, -0.05) is 54.6 Å².